The van der Waals surface area contributed by atoms with Gasteiger partial charge in [0.1, 0.15) is 13.2 Å². The van der Waals surface area contributed by atoms with Crippen molar-refractivity contribution in [3.8, 4) is 0 Å². The molecule has 0 radical (unpaired) electrons. The molecule has 0 saturated heterocycles. The number of ether oxygens (including phenoxy) is 3. The summed E-state index contributed by atoms with van der Waals surface area (Å²) in [7, 11) is 0. The highest BCUT2D eigenvalue weighted by Gasteiger charge is 2.19. The second kappa shape index (κ2) is 51.3. The number of carbonyl (C=O) groups is 3. The summed E-state index contributed by atoms with van der Waals surface area (Å²) in [6.45, 7) is 6.54. The first-order valence-electron chi connectivity index (χ1n) is 27.0. The number of carbonyl (C=O) groups excluding carboxylic acids is 3. The first-order chi connectivity index (χ1) is 30.5. The summed E-state index contributed by atoms with van der Waals surface area (Å²) >= 11 is 0. The van der Waals surface area contributed by atoms with Crippen LogP contribution in [0, 0.1) is 0 Å². The third kappa shape index (κ3) is 48.7. The maximum Gasteiger partial charge on any atom is 0.306 e. The molecule has 0 aliphatic rings. The van der Waals surface area contributed by atoms with Gasteiger partial charge in [-0.2, -0.15) is 0 Å². The van der Waals surface area contributed by atoms with Gasteiger partial charge in [-0.3, -0.25) is 14.4 Å². The summed E-state index contributed by atoms with van der Waals surface area (Å²) in [5.41, 5.74) is 0. The Kier molecular flexibility index (Phi) is 49.3. The molecule has 0 aliphatic carbocycles. The molecule has 0 saturated carbocycles. The van der Waals surface area contributed by atoms with Crippen molar-refractivity contribution in [2.45, 2.75) is 290 Å². The van der Waals surface area contributed by atoms with Crippen LogP contribution < -0.4 is 0 Å². The molecule has 0 N–H and O–H groups in total. The molecule has 6 heteroatoms. The molecule has 0 aromatic heterocycles. The number of rotatable bonds is 49. The number of hydrogen-bond donors (Lipinski definition) is 0. The minimum atomic E-state index is -0.775. The van der Waals surface area contributed by atoms with Gasteiger partial charge in [-0.15, -0.1) is 0 Å². The van der Waals surface area contributed by atoms with E-state index in [2.05, 4.69) is 57.2 Å². The highest BCUT2D eigenvalue weighted by molar-refractivity contribution is 5.71. The molecule has 0 rings (SSSR count). The van der Waals surface area contributed by atoms with Gasteiger partial charge >= 0.3 is 17.9 Å². The van der Waals surface area contributed by atoms with Gasteiger partial charge < -0.3 is 14.2 Å². The van der Waals surface area contributed by atoms with Crippen molar-refractivity contribution in [1.29, 1.82) is 0 Å². The lowest BCUT2D eigenvalue weighted by molar-refractivity contribution is -0.167. The summed E-state index contributed by atoms with van der Waals surface area (Å²) in [5, 5.41) is 0. The Labute approximate surface area is 385 Å². The van der Waals surface area contributed by atoms with Crippen LogP contribution in [-0.4, -0.2) is 37.2 Å². The Morgan fingerprint density at radius 1 is 0.339 bits per heavy atom. The molecule has 0 amide bonds. The largest absolute Gasteiger partial charge is 0.462 e. The molecule has 0 fully saturated rings. The topological polar surface area (TPSA) is 78.9 Å². The van der Waals surface area contributed by atoms with Crippen molar-refractivity contribution in [2.75, 3.05) is 13.2 Å². The van der Waals surface area contributed by atoms with E-state index in [0.29, 0.717) is 19.3 Å². The molecule has 1 atom stereocenters. The van der Waals surface area contributed by atoms with Crippen LogP contribution in [0.4, 0.5) is 0 Å². The molecule has 362 valence electrons. The molecular weight excluding hydrogens is 769 g/mol. The van der Waals surface area contributed by atoms with Crippen LogP contribution in [0.1, 0.15) is 284 Å². The van der Waals surface area contributed by atoms with E-state index in [1.165, 1.54) is 148 Å². The summed E-state index contributed by atoms with van der Waals surface area (Å²) in [6, 6.07) is 0. The number of allylic oxidation sites excluding steroid dienone is 6. The van der Waals surface area contributed by atoms with Crippen LogP contribution in [0.5, 0.6) is 0 Å². The monoisotopic (exact) mass is 871 g/mol. The van der Waals surface area contributed by atoms with Crippen LogP contribution in [0.3, 0.4) is 0 Å². The predicted molar refractivity (Wildman–Crippen MR) is 266 cm³/mol. The second-order valence-corrected chi connectivity index (χ2v) is 18.1. The fourth-order valence-electron chi connectivity index (χ4n) is 7.87. The maximum atomic E-state index is 12.8. The fraction of sp³-hybridized carbons (Fsp3) is 0.839. The maximum absolute atomic E-state index is 12.8. The van der Waals surface area contributed by atoms with E-state index in [1.54, 1.807) is 0 Å². The number of esters is 3. The molecule has 0 spiro atoms. The SMILES string of the molecule is CC/C=C\C/C=C\C/C=C\CCCCCCCC(=O)O[C@H](COC(=O)CCCCCCCCCCCCC)COC(=O)CCCCCCCCCCCCCCCCCCCC. The first kappa shape index (κ1) is 59.6. The molecular formula is C56H102O6. The van der Waals surface area contributed by atoms with Gasteiger partial charge in [0.15, 0.2) is 6.10 Å². The van der Waals surface area contributed by atoms with Crippen LogP contribution in [0.15, 0.2) is 36.5 Å². The Morgan fingerprint density at radius 3 is 0.984 bits per heavy atom. The first-order valence-corrected chi connectivity index (χ1v) is 27.0. The molecule has 0 aliphatic heterocycles. The molecule has 0 aromatic carbocycles. The Hall–Kier alpha value is -2.37. The van der Waals surface area contributed by atoms with E-state index in [-0.39, 0.29) is 31.1 Å². The Bertz CT molecular complexity index is 1050. The number of unbranched alkanes of at least 4 members (excludes halogenated alkanes) is 32. The van der Waals surface area contributed by atoms with Crippen LogP contribution >= 0.6 is 0 Å². The van der Waals surface area contributed by atoms with Gasteiger partial charge in [0.05, 0.1) is 0 Å². The second-order valence-electron chi connectivity index (χ2n) is 18.1. The van der Waals surface area contributed by atoms with Crippen LogP contribution in [-0.2, 0) is 28.6 Å². The molecule has 62 heavy (non-hydrogen) atoms. The van der Waals surface area contributed by atoms with E-state index in [1.807, 2.05) is 0 Å². The van der Waals surface area contributed by atoms with Crippen molar-refractivity contribution in [3.63, 3.8) is 0 Å². The molecule has 0 heterocycles. The third-order valence-corrected chi connectivity index (χ3v) is 11.9. The summed E-state index contributed by atoms with van der Waals surface area (Å²) in [4.78, 5) is 38.0. The normalized spacial score (nSPS) is 12.2. The van der Waals surface area contributed by atoms with Gasteiger partial charge in [0.2, 0.25) is 0 Å². The smallest absolute Gasteiger partial charge is 0.306 e. The average molecular weight is 871 g/mol. The lowest BCUT2D eigenvalue weighted by atomic mass is 10.0. The van der Waals surface area contributed by atoms with Gasteiger partial charge in [0, 0.05) is 19.3 Å². The molecule has 0 unspecified atom stereocenters. The minimum absolute atomic E-state index is 0.0748. The quantitative estimate of drug-likeness (QED) is 0.0262. The lowest BCUT2D eigenvalue weighted by Gasteiger charge is -2.18. The van der Waals surface area contributed by atoms with Gasteiger partial charge in [-0.25, -0.2) is 0 Å². The minimum Gasteiger partial charge on any atom is -0.462 e. The van der Waals surface area contributed by atoms with Gasteiger partial charge in [0.25, 0.3) is 0 Å². The molecule has 0 aromatic rings. The zero-order valence-corrected chi connectivity index (χ0v) is 41.4. The van der Waals surface area contributed by atoms with Crippen LogP contribution in [0.25, 0.3) is 0 Å². The van der Waals surface area contributed by atoms with E-state index in [4.69, 9.17) is 14.2 Å². The van der Waals surface area contributed by atoms with E-state index < -0.39 is 6.10 Å². The standard InChI is InChI=1S/C56H102O6/c1-4-7-10-13-16-19-22-24-26-27-28-30-31-34-37-40-43-46-49-55(58)61-52-53(51-60-54(57)48-45-42-39-36-33-21-18-15-12-9-6-3)62-56(59)50-47-44-41-38-35-32-29-25-23-20-17-14-11-8-5-2/h8,11,17,20,25,29,53H,4-7,9-10,12-16,18-19,21-24,26-28,30-52H2,1-3H3/b11-8-,20-17-,29-25-/t53-/m1/s1. The van der Waals surface area contributed by atoms with Crippen molar-refractivity contribution < 1.29 is 28.6 Å². The highest BCUT2D eigenvalue weighted by atomic mass is 16.6. The van der Waals surface area contributed by atoms with Crippen molar-refractivity contribution in [1.82, 2.24) is 0 Å². The average Bonchev–Trinajstić information content (AvgIpc) is 3.27. The van der Waals surface area contributed by atoms with Crippen molar-refractivity contribution in [2.24, 2.45) is 0 Å². The lowest BCUT2D eigenvalue weighted by Crippen LogP contribution is -2.30. The van der Waals surface area contributed by atoms with Crippen molar-refractivity contribution >= 4 is 17.9 Å². The third-order valence-electron chi connectivity index (χ3n) is 11.9. The van der Waals surface area contributed by atoms with Gasteiger partial charge in [-0.05, 0) is 51.4 Å². The highest BCUT2D eigenvalue weighted by Crippen LogP contribution is 2.16. The molecule has 6 nitrogen and oxygen atoms in total. The zero-order valence-electron chi connectivity index (χ0n) is 41.4. The van der Waals surface area contributed by atoms with Crippen molar-refractivity contribution in [3.05, 3.63) is 36.5 Å². The number of hydrogen-bond acceptors (Lipinski definition) is 6. The summed E-state index contributed by atoms with van der Waals surface area (Å²) in [6.07, 6.45) is 59.9. The van der Waals surface area contributed by atoms with E-state index in [0.717, 1.165) is 96.3 Å². The zero-order chi connectivity index (χ0) is 45.1. The summed E-state index contributed by atoms with van der Waals surface area (Å²) in [5.74, 6) is -0.878. The van der Waals surface area contributed by atoms with E-state index in [9.17, 15) is 14.4 Å². The predicted octanol–water partition coefficient (Wildman–Crippen LogP) is 17.7. The Morgan fingerprint density at radius 2 is 0.629 bits per heavy atom. The molecule has 0 bridgehead atoms. The van der Waals surface area contributed by atoms with E-state index >= 15 is 0 Å². The van der Waals surface area contributed by atoms with Crippen LogP contribution in [0.2, 0.25) is 0 Å². The van der Waals surface area contributed by atoms with Gasteiger partial charge in [-0.1, -0.05) is 250 Å². The fourth-order valence-corrected chi connectivity index (χ4v) is 7.87. The summed E-state index contributed by atoms with van der Waals surface area (Å²) < 4.78 is 16.8. The Balaban J connectivity index is 4.32.